The summed E-state index contributed by atoms with van der Waals surface area (Å²) in [5, 5.41) is 17.2. The Labute approximate surface area is 102 Å². The number of unbranched alkanes of at least 4 members (excludes halogenated alkanes) is 2. The molecule has 1 aromatic carbocycles. The smallest absolute Gasteiger partial charge is 0.119 e. The summed E-state index contributed by atoms with van der Waals surface area (Å²) in [7, 11) is 0. The summed E-state index contributed by atoms with van der Waals surface area (Å²) < 4.78 is 5.53. The fraction of sp³-hybridized carbons (Fsp3) is 0.357. The molecule has 17 heavy (non-hydrogen) atoms. The van der Waals surface area contributed by atoms with Crippen molar-refractivity contribution in [2.45, 2.75) is 19.3 Å². The number of nitrogens with zero attached hydrogens (tertiary/aromatic N) is 1. The van der Waals surface area contributed by atoms with E-state index in [1.165, 1.54) is 0 Å². The van der Waals surface area contributed by atoms with Gasteiger partial charge in [-0.2, -0.15) is 5.26 Å². The van der Waals surface area contributed by atoms with Crippen LogP contribution >= 0.6 is 0 Å². The first-order chi connectivity index (χ1) is 8.36. The van der Waals surface area contributed by atoms with Crippen molar-refractivity contribution >= 4 is 0 Å². The molecule has 0 fully saturated rings. The number of hydrogen-bond acceptors (Lipinski definition) is 3. The number of ether oxygens (including phenoxy) is 1. The minimum absolute atomic E-state index is 0.113. The average molecular weight is 231 g/mol. The molecule has 90 valence electrons. The van der Waals surface area contributed by atoms with Crippen molar-refractivity contribution in [1.82, 2.24) is 0 Å². The van der Waals surface area contributed by atoms with Gasteiger partial charge in [0.15, 0.2) is 0 Å². The Bertz CT molecular complexity index is 376. The fourth-order valence-electron chi connectivity index (χ4n) is 1.37. The van der Waals surface area contributed by atoms with Crippen molar-refractivity contribution in [1.29, 1.82) is 5.26 Å². The van der Waals surface area contributed by atoms with Crippen LogP contribution in [0.3, 0.4) is 0 Å². The Morgan fingerprint density at radius 1 is 1.18 bits per heavy atom. The summed E-state index contributed by atoms with van der Waals surface area (Å²) in [6.45, 7) is 0.792. The Morgan fingerprint density at radius 2 is 1.94 bits per heavy atom. The molecule has 0 aliphatic rings. The molecule has 0 saturated carbocycles. The molecule has 0 aromatic heterocycles. The number of allylic oxidation sites excluding steroid dienone is 1. The molecule has 0 heterocycles. The second-order valence-electron chi connectivity index (χ2n) is 3.63. The monoisotopic (exact) mass is 231 g/mol. The van der Waals surface area contributed by atoms with E-state index in [1.807, 2.05) is 18.2 Å². The van der Waals surface area contributed by atoms with Gasteiger partial charge in [0.05, 0.1) is 24.8 Å². The zero-order chi connectivity index (χ0) is 12.3. The minimum atomic E-state index is 0.113. The van der Waals surface area contributed by atoms with Gasteiger partial charge in [-0.1, -0.05) is 12.2 Å². The van der Waals surface area contributed by atoms with Crippen LogP contribution in [0.5, 0.6) is 5.75 Å². The van der Waals surface area contributed by atoms with Crippen LogP contribution in [-0.2, 0) is 0 Å². The van der Waals surface area contributed by atoms with Crippen molar-refractivity contribution < 1.29 is 9.84 Å². The van der Waals surface area contributed by atoms with E-state index in [-0.39, 0.29) is 6.61 Å². The number of benzene rings is 1. The van der Waals surface area contributed by atoms with E-state index in [2.05, 4.69) is 6.07 Å². The normalized spacial score (nSPS) is 10.4. The molecular weight excluding hydrogens is 214 g/mol. The van der Waals surface area contributed by atoms with Crippen LogP contribution in [0.1, 0.15) is 24.8 Å². The summed E-state index contributed by atoms with van der Waals surface area (Å²) in [6.07, 6.45) is 6.73. The molecule has 1 rings (SSSR count). The molecule has 0 saturated heterocycles. The molecule has 0 aliphatic carbocycles. The number of nitriles is 1. The zero-order valence-electron chi connectivity index (χ0n) is 9.80. The van der Waals surface area contributed by atoms with E-state index in [9.17, 15) is 0 Å². The zero-order valence-corrected chi connectivity index (χ0v) is 9.80. The molecule has 1 aromatic rings. The molecule has 0 atom stereocenters. The molecular formula is C14H17NO2. The number of aliphatic hydroxyl groups excluding tert-OH is 1. The van der Waals surface area contributed by atoms with Crippen LogP contribution < -0.4 is 4.74 Å². The van der Waals surface area contributed by atoms with Gasteiger partial charge in [0.2, 0.25) is 0 Å². The van der Waals surface area contributed by atoms with Gasteiger partial charge in [-0.05, 0) is 43.5 Å². The molecule has 1 N–H and O–H groups in total. The maximum absolute atomic E-state index is 8.63. The molecule has 0 radical (unpaired) electrons. The maximum Gasteiger partial charge on any atom is 0.119 e. The van der Waals surface area contributed by atoms with Gasteiger partial charge in [-0.25, -0.2) is 0 Å². The van der Waals surface area contributed by atoms with Gasteiger partial charge in [-0.15, -0.1) is 0 Å². The second kappa shape index (κ2) is 8.37. The summed E-state index contributed by atoms with van der Waals surface area (Å²) in [5.41, 5.74) is 0.645. The SMILES string of the molecule is N#Cc1ccc(OCCCCC=CCO)cc1. The van der Waals surface area contributed by atoms with E-state index in [1.54, 1.807) is 18.2 Å². The van der Waals surface area contributed by atoms with Gasteiger partial charge in [0, 0.05) is 0 Å². The van der Waals surface area contributed by atoms with Gasteiger partial charge >= 0.3 is 0 Å². The standard InChI is InChI=1S/C14H17NO2/c15-12-13-6-8-14(9-7-13)17-11-5-3-1-2-4-10-16/h2,4,6-9,16H,1,3,5,10-11H2. The predicted octanol–water partition coefficient (Wildman–Crippen LogP) is 2.66. The molecule has 0 spiro atoms. The molecule has 3 heteroatoms. The molecule has 0 amide bonds. The van der Waals surface area contributed by atoms with Crippen molar-refractivity contribution in [2.75, 3.05) is 13.2 Å². The quantitative estimate of drug-likeness (QED) is 0.579. The summed E-state index contributed by atoms with van der Waals surface area (Å²) in [6, 6.07) is 9.18. The Balaban J connectivity index is 2.14. The van der Waals surface area contributed by atoms with E-state index in [0.717, 1.165) is 25.0 Å². The third-order valence-electron chi connectivity index (χ3n) is 2.29. The maximum atomic E-state index is 8.63. The van der Waals surface area contributed by atoms with Crippen LogP contribution in [0.2, 0.25) is 0 Å². The second-order valence-corrected chi connectivity index (χ2v) is 3.63. The lowest BCUT2D eigenvalue weighted by molar-refractivity contribution is 0.307. The summed E-state index contributed by atoms with van der Waals surface area (Å²) in [5.74, 6) is 0.801. The van der Waals surface area contributed by atoms with E-state index < -0.39 is 0 Å². The van der Waals surface area contributed by atoms with Crippen LogP contribution in [0.15, 0.2) is 36.4 Å². The average Bonchev–Trinajstić information content (AvgIpc) is 2.38. The lowest BCUT2D eigenvalue weighted by Crippen LogP contribution is -1.96. The van der Waals surface area contributed by atoms with Crippen LogP contribution in [0, 0.1) is 11.3 Å². The fourth-order valence-corrected chi connectivity index (χ4v) is 1.37. The largest absolute Gasteiger partial charge is 0.494 e. The van der Waals surface area contributed by atoms with Crippen LogP contribution in [0.25, 0.3) is 0 Å². The molecule has 0 bridgehead atoms. The van der Waals surface area contributed by atoms with Gasteiger partial charge < -0.3 is 9.84 Å². The first kappa shape index (κ1) is 13.3. The van der Waals surface area contributed by atoms with Crippen molar-refractivity contribution in [3.05, 3.63) is 42.0 Å². The summed E-state index contributed by atoms with van der Waals surface area (Å²) >= 11 is 0. The first-order valence-corrected chi connectivity index (χ1v) is 5.75. The highest BCUT2D eigenvalue weighted by Crippen LogP contribution is 2.12. The Hall–Kier alpha value is -1.79. The number of aliphatic hydroxyl groups is 1. The minimum Gasteiger partial charge on any atom is -0.494 e. The lowest BCUT2D eigenvalue weighted by Gasteiger charge is -2.05. The van der Waals surface area contributed by atoms with Crippen LogP contribution in [-0.4, -0.2) is 18.3 Å². The first-order valence-electron chi connectivity index (χ1n) is 5.75. The third kappa shape index (κ3) is 5.74. The Kier molecular flexibility index (Phi) is 6.54. The van der Waals surface area contributed by atoms with Gasteiger partial charge in [0.1, 0.15) is 5.75 Å². The van der Waals surface area contributed by atoms with E-state index >= 15 is 0 Å². The van der Waals surface area contributed by atoms with Gasteiger partial charge in [0.25, 0.3) is 0 Å². The third-order valence-corrected chi connectivity index (χ3v) is 2.29. The van der Waals surface area contributed by atoms with Crippen molar-refractivity contribution in [2.24, 2.45) is 0 Å². The van der Waals surface area contributed by atoms with Crippen molar-refractivity contribution in [3.8, 4) is 11.8 Å². The van der Waals surface area contributed by atoms with E-state index in [4.69, 9.17) is 15.1 Å². The highest BCUT2D eigenvalue weighted by molar-refractivity contribution is 5.34. The Morgan fingerprint density at radius 3 is 2.59 bits per heavy atom. The van der Waals surface area contributed by atoms with Crippen molar-refractivity contribution in [3.63, 3.8) is 0 Å². The highest BCUT2D eigenvalue weighted by Gasteiger charge is 1.94. The topological polar surface area (TPSA) is 53.2 Å². The highest BCUT2D eigenvalue weighted by atomic mass is 16.5. The number of rotatable bonds is 7. The summed E-state index contributed by atoms with van der Waals surface area (Å²) in [4.78, 5) is 0. The number of hydrogen-bond donors (Lipinski definition) is 1. The molecule has 0 unspecified atom stereocenters. The molecule has 0 aliphatic heterocycles. The lowest BCUT2D eigenvalue weighted by atomic mass is 10.2. The van der Waals surface area contributed by atoms with E-state index in [0.29, 0.717) is 12.2 Å². The molecule has 3 nitrogen and oxygen atoms in total. The van der Waals surface area contributed by atoms with Gasteiger partial charge in [-0.3, -0.25) is 0 Å². The van der Waals surface area contributed by atoms with Crippen LogP contribution in [0.4, 0.5) is 0 Å². The predicted molar refractivity (Wildman–Crippen MR) is 66.7 cm³/mol.